The van der Waals surface area contributed by atoms with Crippen molar-refractivity contribution < 1.29 is 9.53 Å². The molecule has 140 valence electrons. The van der Waals surface area contributed by atoms with E-state index in [4.69, 9.17) is 4.74 Å². The molecule has 1 atom stereocenters. The molecule has 2 aromatic rings. The molecule has 1 aromatic carbocycles. The summed E-state index contributed by atoms with van der Waals surface area (Å²) in [5.41, 5.74) is 0.0686. The van der Waals surface area contributed by atoms with Crippen molar-refractivity contribution in [1.29, 1.82) is 0 Å². The van der Waals surface area contributed by atoms with E-state index in [9.17, 15) is 9.59 Å². The Morgan fingerprint density at radius 1 is 1.27 bits per heavy atom. The second-order valence-corrected chi connectivity index (χ2v) is 7.24. The Morgan fingerprint density at radius 2 is 2.00 bits per heavy atom. The van der Waals surface area contributed by atoms with E-state index in [0.717, 1.165) is 38.1 Å². The van der Waals surface area contributed by atoms with E-state index >= 15 is 0 Å². The summed E-state index contributed by atoms with van der Waals surface area (Å²) in [6, 6.07) is 9.29. The molecule has 1 aliphatic heterocycles. The summed E-state index contributed by atoms with van der Waals surface area (Å²) < 4.78 is 5.44. The van der Waals surface area contributed by atoms with Gasteiger partial charge in [0.15, 0.2) is 0 Å². The van der Waals surface area contributed by atoms with Gasteiger partial charge in [-0.3, -0.25) is 14.5 Å². The predicted octanol–water partition coefficient (Wildman–Crippen LogP) is 2.00. The number of nitrogens with one attached hydrogen (secondary N) is 2. The molecule has 2 heterocycles. The molecule has 6 heteroatoms. The summed E-state index contributed by atoms with van der Waals surface area (Å²) in [5, 5.41) is 4.37. The van der Waals surface area contributed by atoms with E-state index < -0.39 is 0 Å². The van der Waals surface area contributed by atoms with Gasteiger partial charge in [0, 0.05) is 31.1 Å². The highest BCUT2D eigenvalue weighted by Crippen LogP contribution is 2.14. The molecule has 3 rings (SSSR count). The van der Waals surface area contributed by atoms with E-state index in [0.29, 0.717) is 23.5 Å². The molecule has 0 saturated carbocycles. The first kappa shape index (κ1) is 18.6. The standard InChI is InChI=1S/C20H27N3O3/c1-14(2)11-16(23-7-9-26-10-8-23)13-21-20(25)18-12-15-5-3-4-6-17(15)19(24)22-18/h3-6,12,14,16H,7-11,13H2,1-2H3,(H,21,25)(H,22,24). The molecular formula is C20H27N3O3. The van der Waals surface area contributed by atoms with Gasteiger partial charge in [0.05, 0.1) is 13.2 Å². The lowest BCUT2D eigenvalue weighted by atomic mass is 10.0. The molecular weight excluding hydrogens is 330 g/mol. The van der Waals surface area contributed by atoms with Crippen LogP contribution in [0.5, 0.6) is 0 Å². The number of carbonyl (C=O) groups is 1. The molecule has 0 radical (unpaired) electrons. The van der Waals surface area contributed by atoms with Crippen LogP contribution < -0.4 is 10.9 Å². The minimum atomic E-state index is -0.241. The Hall–Kier alpha value is -2.18. The molecule has 1 fully saturated rings. The largest absolute Gasteiger partial charge is 0.379 e. The molecule has 0 bridgehead atoms. The van der Waals surface area contributed by atoms with Crippen molar-refractivity contribution in [3.8, 4) is 0 Å². The number of nitrogens with zero attached hydrogens (tertiary/aromatic N) is 1. The second kappa shape index (κ2) is 8.47. The van der Waals surface area contributed by atoms with Crippen LogP contribution in [0.2, 0.25) is 0 Å². The first-order chi connectivity index (χ1) is 12.5. The van der Waals surface area contributed by atoms with Crippen LogP contribution in [0, 0.1) is 5.92 Å². The van der Waals surface area contributed by atoms with Crippen LogP contribution in [0.1, 0.15) is 30.8 Å². The van der Waals surface area contributed by atoms with Crippen molar-refractivity contribution in [1.82, 2.24) is 15.2 Å². The highest BCUT2D eigenvalue weighted by molar-refractivity contribution is 5.96. The first-order valence-electron chi connectivity index (χ1n) is 9.26. The van der Waals surface area contributed by atoms with Gasteiger partial charge in [0.2, 0.25) is 0 Å². The number of ether oxygens (including phenoxy) is 1. The number of hydrogen-bond donors (Lipinski definition) is 2. The third-order valence-corrected chi connectivity index (χ3v) is 4.80. The van der Waals surface area contributed by atoms with Gasteiger partial charge in [-0.2, -0.15) is 0 Å². The predicted molar refractivity (Wildman–Crippen MR) is 103 cm³/mol. The lowest BCUT2D eigenvalue weighted by Gasteiger charge is -2.35. The number of rotatable bonds is 6. The third-order valence-electron chi connectivity index (χ3n) is 4.80. The molecule has 2 N–H and O–H groups in total. The van der Waals surface area contributed by atoms with Crippen molar-refractivity contribution in [2.75, 3.05) is 32.8 Å². The van der Waals surface area contributed by atoms with Crippen LogP contribution in [0.15, 0.2) is 35.1 Å². The Kier molecular flexibility index (Phi) is 6.06. The van der Waals surface area contributed by atoms with Crippen LogP contribution in [-0.4, -0.2) is 54.7 Å². The van der Waals surface area contributed by atoms with Crippen LogP contribution in [0.25, 0.3) is 10.8 Å². The topological polar surface area (TPSA) is 74.4 Å². The average Bonchev–Trinajstić information content (AvgIpc) is 2.65. The van der Waals surface area contributed by atoms with Crippen molar-refractivity contribution in [2.24, 2.45) is 5.92 Å². The van der Waals surface area contributed by atoms with Gasteiger partial charge in [0.25, 0.3) is 11.5 Å². The zero-order chi connectivity index (χ0) is 18.5. The minimum Gasteiger partial charge on any atom is -0.379 e. The van der Waals surface area contributed by atoms with Gasteiger partial charge in [-0.05, 0) is 29.9 Å². The highest BCUT2D eigenvalue weighted by Gasteiger charge is 2.22. The summed E-state index contributed by atoms with van der Waals surface area (Å²) in [5.74, 6) is 0.301. The number of aromatic amines is 1. The summed E-state index contributed by atoms with van der Waals surface area (Å²) in [6.07, 6.45) is 1.01. The van der Waals surface area contributed by atoms with Crippen LogP contribution >= 0.6 is 0 Å². The van der Waals surface area contributed by atoms with Crippen molar-refractivity contribution in [2.45, 2.75) is 26.3 Å². The third kappa shape index (κ3) is 4.51. The zero-order valence-corrected chi connectivity index (χ0v) is 15.5. The van der Waals surface area contributed by atoms with Gasteiger partial charge < -0.3 is 15.0 Å². The number of benzene rings is 1. The fourth-order valence-corrected chi connectivity index (χ4v) is 3.49. The monoisotopic (exact) mass is 357 g/mol. The second-order valence-electron chi connectivity index (χ2n) is 7.24. The Bertz CT molecular complexity index is 809. The highest BCUT2D eigenvalue weighted by atomic mass is 16.5. The molecule has 6 nitrogen and oxygen atoms in total. The van der Waals surface area contributed by atoms with Crippen LogP contribution in [-0.2, 0) is 4.74 Å². The fraction of sp³-hybridized carbons (Fsp3) is 0.500. The summed E-state index contributed by atoms with van der Waals surface area (Å²) in [7, 11) is 0. The first-order valence-corrected chi connectivity index (χ1v) is 9.26. The smallest absolute Gasteiger partial charge is 0.267 e. The maximum absolute atomic E-state index is 12.6. The van der Waals surface area contributed by atoms with Crippen LogP contribution in [0.3, 0.4) is 0 Å². The lowest BCUT2D eigenvalue weighted by Crippen LogP contribution is -2.49. The maximum atomic E-state index is 12.6. The molecule has 1 amide bonds. The number of H-pyrrole nitrogens is 1. The van der Waals surface area contributed by atoms with Crippen LogP contribution in [0.4, 0.5) is 0 Å². The van der Waals surface area contributed by atoms with Gasteiger partial charge >= 0.3 is 0 Å². The summed E-state index contributed by atoms with van der Waals surface area (Å²) >= 11 is 0. The average molecular weight is 357 g/mol. The van der Waals surface area contributed by atoms with Gasteiger partial charge in [-0.15, -0.1) is 0 Å². The van der Waals surface area contributed by atoms with Gasteiger partial charge in [-0.25, -0.2) is 0 Å². The van der Waals surface area contributed by atoms with Crippen molar-refractivity contribution >= 4 is 16.7 Å². The number of hydrogen-bond acceptors (Lipinski definition) is 4. The van der Waals surface area contributed by atoms with E-state index in [-0.39, 0.29) is 17.5 Å². The summed E-state index contributed by atoms with van der Waals surface area (Å²) in [6.45, 7) is 8.19. The van der Waals surface area contributed by atoms with Gasteiger partial charge in [0.1, 0.15) is 5.69 Å². The number of morpholine rings is 1. The molecule has 1 aromatic heterocycles. The molecule has 1 aliphatic rings. The number of pyridine rings is 1. The molecule has 1 saturated heterocycles. The number of amides is 1. The minimum absolute atomic E-state index is 0.236. The van der Waals surface area contributed by atoms with E-state index in [2.05, 4.69) is 29.0 Å². The Balaban J connectivity index is 1.70. The molecule has 26 heavy (non-hydrogen) atoms. The molecule has 1 unspecified atom stereocenters. The number of fused-ring (bicyclic) bond motifs is 1. The summed E-state index contributed by atoms with van der Waals surface area (Å²) in [4.78, 5) is 29.8. The molecule has 0 aliphatic carbocycles. The maximum Gasteiger partial charge on any atom is 0.267 e. The van der Waals surface area contributed by atoms with Gasteiger partial charge in [-0.1, -0.05) is 32.0 Å². The fourth-order valence-electron chi connectivity index (χ4n) is 3.49. The van der Waals surface area contributed by atoms with Crippen molar-refractivity contribution in [3.63, 3.8) is 0 Å². The Labute approximate surface area is 153 Å². The quantitative estimate of drug-likeness (QED) is 0.829. The lowest BCUT2D eigenvalue weighted by molar-refractivity contribution is 0.0124. The molecule has 0 spiro atoms. The zero-order valence-electron chi connectivity index (χ0n) is 15.5. The van der Waals surface area contributed by atoms with Crippen molar-refractivity contribution in [3.05, 3.63) is 46.4 Å². The Morgan fingerprint density at radius 3 is 2.73 bits per heavy atom. The SMILES string of the molecule is CC(C)CC(CNC(=O)c1cc2ccccc2c(=O)[nH]1)N1CCOCC1. The van der Waals surface area contributed by atoms with E-state index in [1.54, 1.807) is 12.1 Å². The number of aromatic nitrogens is 1. The normalized spacial score (nSPS) is 16.7. The number of carbonyl (C=O) groups excluding carboxylic acids is 1. The van der Waals surface area contributed by atoms with E-state index in [1.165, 1.54) is 0 Å². The van der Waals surface area contributed by atoms with E-state index in [1.807, 2.05) is 18.2 Å².